The highest BCUT2D eigenvalue weighted by Crippen LogP contribution is 2.21. The van der Waals surface area contributed by atoms with Crippen LogP contribution in [0.5, 0.6) is 0 Å². The van der Waals surface area contributed by atoms with E-state index in [0.29, 0.717) is 17.3 Å². The number of amides is 1. The fourth-order valence-electron chi connectivity index (χ4n) is 2.56. The number of nitrogens with zero attached hydrogens (tertiary/aromatic N) is 1. The lowest BCUT2D eigenvalue weighted by Gasteiger charge is -2.24. The maximum atomic E-state index is 11.6. The highest BCUT2D eigenvalue weighted by atomic mass is 16.1. The van der Waals surface area contributed by atoms with Crippen molar-refractivity contribution in [3.63, 3.8) is 0 Å². The fraction of sp³-hybridized carbons (Fsp3) is 0.533. The van der Waals surface area contributed by atoms with Crippen molar-refractivity contribution in [1.82, 2.24) is 10.2 Å². The lowest BCUT2D eigenvalue weighted by molar-refractivity contribution is 0.0963. The van der Waals surface area contributed by atoms with Crippen LogP contribution < -0.4 is 16.4 Å². The standard InChI is InChI=1S/C15H24N4O/c1-11(19-7-3-4-8-19)10-18-14-9-12(15(20)17-2)5-6-13(14)16/h5-6,9,11,18H,3-4,7-8,10,16H2,1-2H3,(H,17,20). The van der Waals surface area contributed by atoms with Gasteiger partial charge in [-0.15, -0.1) is 0 Å². The second kappa shape index (κ2) is 6.61. The van der Waals surface area contributed by atoms with Gasteiger partial charge in [-0.3, -0.25) is 9.69 Å². The van der Waals surface area contributed by atoms with Crippen molar-refractivity contribution in [2.75, 3.05) is 37.7 Å². The average Bonchev–Trinajstić information content (AvgIpc) is 2.99. The minimum atomic E-state index is -0.0966. The number of rotatable bonds is 5. The Morgan fingerprint density at radius 3 is 2.75 bits per heavy atom. The van der Waals surface area contributed by atoms with Gasteiger partial charge in [-0.25, -0.2) is 0 Å². The summed E-state index contributed by atoms with van der Waals surface area (Å²) in [5.74, 6) is -0.0966. The molecule has 1 amide bonds. The number of carbonyl (C=O) groups is 1. The summed E-state index contributed by atoms with van der Waals surface area (Å²) >= 11 is 0. The minimum Gasteiger partial charge on any atom is -0.397 e. The third-order valence-corrected chi connectivity index (χ3v) is 3.89. The first kappa shape index (κ1) is 14.7. The first-order chi connectivity index (χ1) is 9.61. The van der Waals surface area contributed by atoms with Gasteiger partial charge < -0.3 is 16.4 Å². The second-order valence-electron chi connectivity index (χ2n) is 5.35. The largest absolute Gasteiger partial charge is 0.397 e. The number of anilines is 2. The van der Waals surface area contributed by atoms with E-state index in [2.05, 4.69) is 22.5 Å². The van der Waals surface area contributed by atoms with Crippen LogP contribution in [-0.2, 0) is 0 Å². The van der Waals surface area contributed by atoms with Gasteiger partial charge in [0.25, 0.3) is 5.91 Å². The van der Waals surface area contributed by atoms with Gasteiger partial charge in [-0.05, 0) is 51.1 Å². The van der Waals surface area contributed by atoms with Gasteiger partial charge in [0.1, 0.15) is 0 Å². The van der Waals surface area contributed by atoms with E-state index in [4.69, 9.17) is 5.73 Å². The Kier molecular flexibility index (Phi) is 4.84. The molecule has 0 saturated carbocycles. The van der Waals surface area contributed by atoms with Gasteiger partial charge in [-0.1, -0.05) is 0 Å². The Hall–Kier alpha value is -1.75. The van der Waals surface area contributed by atoms with Crippen molar-refractivity contribution in [2.45, 2.75) is 25.8 Å². The quantitative estimate of drug-likeness (QED) is 0.713. The molecule has 1 saturated heterocycles. The van der Waals surface area contributed by atoms with Crippen molar-refractivity contribution in [2.24, 2.45) is 0 Å². The lowest BCUT2D eigenvalue weighted by atomic mass is 10.1. The molecular weight excluding hydrogens is 252 g/mol. The van der Waals surface area contributed by atoms with Crippen LogP contribution in [0.2, 0.25) is 0 Å². The molecule has 4 N–H and O–H groups in total. The molecule has 1 aromatic rings. The zero-order valence-corrected chi connectivity index (χ0v) is 12.3. The Balaban J connectivity index is 1.99. The Labute approximate surface area is 120 Å². The van der Waals surface area contributed by atoms with Crippen LogP contribution >= 0.6 is 0 Å². The molecule has 0 spiro atoms. The van der Waals surface area contributed by atoms with Gasteiger partial charge in [-0.2, -0.15) is 0 Å². The molecule has 110 valence electrons. The topological polar surface area (TPSA) is 70.4 Å². The summed E-state index contributed by atoms with van der Waals surface area (Å²) in [5, 5.41) is 5.98. The number of benzene rings is 1. The summed E-state index contributed by atoms with van der Waals surface area (Å²) in [6.07, 6.45) is 2.58. The molecule has 5 nitrogen and oxygen atoms in total. The van der Waals surface area contributed by atoms with E-state index in [0.717, 1.165) is 12.2 Å². The SMILES string of the molecule is CNC(=O)c1ccc(N)c(NCC(C)N2CCCC2)c1. The maximum absolute atomic E-state index is 11.6. The summed E-state index contributed by atoms with van der Waals surface area (Å²) < 4.78 is 0. The van der Waals surface area contributed by atoms with E-state index in [1.54, 1.807) is 19.2 Å². The van der Waals surface area contributed by atoms with Crippen molar-refractivity contribution in [3.8, 4) is 0 Å². The summed E-state index contributed by atoms with van der Waals surface area (Å²) in [6, 6.07) is 5.79. The molecule has 1 aliphatic heterocycles. The van der Waals surface area contributed by atoms with Crippen LogP contribution in [-0.4, -0.2) is 43.5 Å². The Morgan fingerprint density at radius 2 is 2.10 bits per heavy atom. The number of carbonyl (C=O) groups excluding carboxylic acids is 1. The first-order valence-corrected chi connectivity index (χ1v) is 7.21. The van der Waals surface area contributed by atoms with E-state index < -0.39 is 0 Å². The predicted molar refractivity (Wildman–Crippen MR) is 83.0 cm³/mol. The van der Waals surface area contributed by atoms with Gasteiger partial charge in [0, 0.05) is 25.2 Å². The Bertz CT molecular complexity index is 469. The molecule has 2 rings (SSSR count). The predicted octanol–water partition coefficient (Wildman–Crippen LogP) is 1.52. The zero-order chi connectivity index (χ0) is 14.5. The molecule has 1 atom stereocenters. The van der Waals surface area contributed by atoms with Crippen LogP contribution in [0, 0.1) is 0 Å². The molecule has 0 aromatic heterocycles. The van der Waals surface area contributed by atoms with Gasteiger partial charge >= 0.3 is 0 Å². The second-order valence-corrected chi connectivity index (χ2v) is 5.35. The first-order valence-electron chi connectivity index (χ1n) is 7.21. The normalized spacial score (nSPS) is 16.9. The van der Waals surface area contributed by atoms with E-state index in [1.807, 2.05) is 6.07 Å². The van der Waals surface area contributed by atoms with Crippen molar-refractivity contribution < 1.29 is 4.79 Å². The molecule has 20 heavy (non-hydrogen) atoms. The third kappa shape index (κ3) is 3.42. The minimum absolute atomic E-state index is 0.0966. The fourth-order valence-corrected chi connectivity index (χ4v) is 2.56. The monoisotopic (exact) mass is 276 g/mol. The number of hydrogen-bond donors (Lipinski definition) is 3. The van der Waals surface area contributed by atoms with Crippen molar-refractivity contribution in [3.05, 3.63) is 23.8 Å². The zero-order valence-electron chi connectivity index (χ0n) is 12.3. The van der Waals surface area contributed by atoms with Gasteiger partial charge in [0.2, 0.25) is 0 Å². The van der Waals surface area contributed by atoms with Crippen LogP contribution in [0.1, 0.15) is 30.1 Å². The molecule has 1 heterocycles. The summed E-state index contributed by atoms with van der Waals surface area (Å²) in [6.45, 7) is 5.41. The van der Waals surface area contributed by atoms with Crippen LogP contribution in [0.15, 0.2) is 18.2 Å². The molecule has 0 radical (unpaired) electrons. The van der Waals surface area contributed by atoms with Gasteiger partial charge in [0.05, 0.1) is 11.4 Å². The highest BCUT2D eigenvalue weighted by molar-refractivity contribution is 5.96. The molecule has 0 aliphatic carbocycles. The third-order valence-electron chi connectivity index (χ3n) is 3.89. The molecule has 1 aliphatic rings. The van der Waals surface area contributed by atoms with E-state index in [-0.39, 0.29) is 5.91 Å². The molecule has 1 unspecified atom stereocenters. The van der Waals surface area contributed by atoms with Crippen molar-refractivity contribution >= 4 is 17.3 Å². The number of nitrogen functional groups attached to an aromatic ring is 1. The van der Waals surface area contributed by atoms with Crippen LogP contribution in [0.25, 0.3) is 0 Å². The van der Waals surface area contributed by atoms with Crippen LogP contribution in [0.3, 0.4) is 0 Å². The number of nitrogens with one attached hydrogen (secondary N) is 2. The van der Waals surface area contributed by atoms with Crippen LogP contribution in [0.4, 0.5) is 11.4 Å². The maximum Gasteiger partial charge on any atom is 0.251 e. The molecule has 0 bridgehead atoms. The smallest absolute Gasteiger partial charge is 0.251 e. The van der Waals surface area contributed by atoms with E-state index >= 15 is 0 Å². The number of likely N-dealkylation sites (tertiary alicyclic amines) is 1. The molecule has 1 fully saturated rings. The molecule has 5 heteroatoms. The number of hydrogen-bond acceptors (Lipinski definition) is 4. The van der Waals surface area contributed by atoms with Crippen molar-refractivity contribution in [1.29, 1.82) is 0 Å². The van der Waals surface area contributed by atoms with E-state index in [9.17, 15) is 4.79 Å². The highest BCUT2D eigenvalue weighted by Gasteiger charge is 2.18. The Morgan fingerprint density at radius 1 is 1.40 bits per heavy atom. The molecular formula is C15H24N4O. The van der Waals surface area contributed by atoms with E-state index in [1.165, 1.54) is 25.9 Å². The molecule has 1 aromatic carbocycles. The summed E-state index contributed by atoms with van der Waals surface area (Å²) in [7, 11) is 1.63. The number of nitrogens with two attached hydrogens (primary N) is 1. The van der Waals surface area contributed by atoms with Gasteiger partial charge in [0.15, 0.2) is 0 Å². The average molecular weight is 276 g/mol. The summed E-state index contributed by atoms with van der Waals surface area (Å²) in [5.41, 5.74) is 8.09. The summed E-state index contributed by atoms with van der Waals surface area (Å²) in [4.78, 5) is 14.1. The lowest BCUT2D eigenvalue weighted by Crippen LogP contribution is -2.35.